The van der Waals surface area contributed by atoms with Crippen LogP contribution in [0.3, 0.4) is 0 Å². The van der Waals surface area contributed by atoms with Gasteiger partial charge >= 0.3 is 0 Å². The van der Waals surface area contributed by atoms with Gasteiger partial charge in [0.2, 0.25) is 0 Å². The molecule has 5 heteroatoms. The number of allylic oxidation sites excluding steroid dienone is 1. The first-order chi connectivity index (χ1) is 10.5. The summed E-state index contributed by atoms with van der Waals surface area (Å²) in [6.45, 7) is 2.56. The van der Waals surface area contributed by atoms with Gasteiger partial charge < -0.3 is 4.74 Å². The summed E-state index contributed by atoms with van der Waals surface area (Å²) < 4.78 is 6.50. The van der Waals surface area contributed by atoms with Crippen LogP contribution < -0.4 is 4.74 Å². The summed E-state index contributed by atoms with van der Waals surface area (Å²) in [6.07, 6.45) is 1.80. The molecule has 0 spiro atoms. The van der Waals surface area contributed by atoms with E-state index >= 15 is 0 Å². The van der Waals surface area contributed by atoms with Crippen molar-refractivity contribution < 1.29 is 4.74 Å². The molecule has 112 valence electrons. The van der Waals surface area contributed by atoms with Crippen LogP contribution in [0.25, 0.3) is 11.6 Å². The molecule has 0 bridgehead atoms. The van der Waals surface area contributed by atoms with Gasteiger partial charge in [-0.15, -0.1) is 0 Å². The third kappa shape index (κ3) is 4.16. The summed E-state index contributed by atoms with van der Waals surface area (Å²) >= 11 is 14.3. The van der Waals surface area contributed by atoms with E-state index in [1.54, 1.807) is 24.3 Å². The van der Waals surface area contributed by atoms with Crippen molar-refractivity contribution in [1.29, 1.82) is 5.26 Å². The second-order valence-electron chi connectivity index (χ2n) is 4.42. The molecule has 0 aliphatic carbocycles. The largest absolute Gasteiger partial charge is 0.493 e. The van der Waals surface area contributed by atoms with Gasteiger partial charge in [0.1, 0.15) is 5.75 Å². The van der Waals surface area contributed by atoms with Gasteiger partial charge in [0.25, 0.3) is 0 Å². The Balaban J connectivity index is 2.41. The quantitative estimate of drug-likeness (QED) is 0.326. The molecule has 0 aliphatic heterocycles. The molecule has 0 unspecified atom stereocenters. The van der Waals surface area contributed by atoms with Crippen LogP contribution in [-0.4, -0.2) is 6.61 Å². The summed E-state index contributed by atoms with van der Waals surface area (Å²) in [4.78, 5) is 0. The average Bonchev–Trinajstić information content (AvgIpc) is 2.48. The predicted molar refractivity (Wildman–Crippen MR) is 100 cm³/mol. The topological polar surface area (TPSA) is 33.0 Å². The molecule has 0 saturated heterocycles. The van der Waals surface area contributed by atoms with Crippen molar-refractivity contribution in [2.45, 2.75) is 6.92 Å². The predicted octanol–water partition coefficient (Wildman–Crippen LogP) is 6.06. The summed E-state index contributed by atoms with van der Waals surface area (Å²) in [5, 5.41) is 10.4. The van der Waals surface area contributed by atoms with Crippen LogP contribution in [0.15, 0.2) is 36.4 Å². The molecule has 0 radical (unpaired) electrons. The molecular weight excluding hydrogens is 432 g/mol. The molecule has 2 aromatic carbocycles. The van der Waals surface area contributed by atoms with Crippen molar-refractivity contribution in [1.82, 2.24) is 0 Å². The van der Waals surface area contributed by atoms with Crippen LogP contribution in [0.4, 0.5) is 0 Å². The van der Waals surface area contributed by atoms with Crippen LogP contribution in [0.1, 0.15) is 18.1 Å². The van der Waals surface area contributed by atoms with E-state index in [0.717, 1.165) is 14.9 Å². The van der Waals surface area contributed by atoms with Crippen LogP contribution in [0.5, 0.6) is 5.75 Å². The summed E-state index contributed by atoms with van der Waals surface area (Å²) in [6, 6.07) is 13.1. The van der Waals surface area contributed by atoms with E-state index in [2.05, 4.69) is 28.7 Å². The van der Waals surface area contributed by atoms with Gasteiger partial charge in [-0.05, 0) is 65.4 Å². The normalized spacial score (nSPS) is 11.1. The maximum Gasteiger partial charge on any atom is 0.132 e. The van der Waals surface area contributed by atoms with Crippen molar-refractivity contribution in [3.05, 3.63) is 61.1 Å². The number of hydrogen-bond donors (Lipinski definition) is 0. The SMILES string of the molecule is CCOc1ccc(/C=C(\C#N)c2ccc(Cl)cc2Cl)cc1I. The molecule has 2 nitrogen and oxygen atoms in total. The Morgan fingerprint density at radius 3 is 2.64 bits per heavy atom. The van der Waals surface area contributed by atoms with Crippen molar-refractivity contribution in [3.8, 4) is 11.8 Å². The molecule has 0 aromatic heterocycles. The lowest BCUT2D eigenvalue weighted by Gasteiger charge is -2.07. The molecular formula is C17H12Cl2INO. The molecule has 0 amide bonds. The molecule has 22 heavy (non-hydrogen) atoms. The highest BCUT2D eigenvalue weighted by Gasteiger charge is 2.08. The minimum Gasteiger partial charge on any atom is -0.493 e. The summed E-state index contributed by atoms with van der Waals surface area (Å²) in [5.74, 6) is 0.836. The first kappa shape index (κ1) is 17.1. The monoisotopic (exact) mass is 443 g/mol. The van der Waals surface area contributed by atoms with Gasteiger partial charge in [-0.3, -0.25) is 0 Å². The van der Waals surface area contributed by atoms with Crippen LogP contribution in [0.2, 0.25) is 10.0 Å². The Hall–Kier alpha value is -1.22. The van der Waals surface area contributed by atoms with Crippen molar-refractivity contribution in [2.24, 2.45) is 0 Å². The lowest BCUT2D eigenvalue weighted by molar-refractivity contribution is 0.338. The van der Waals surface area contributed by atoms with E-state index in [1.165, 1.54) is 0 Å². The second-order valence-corrected chi connectivity index (χ2v) is 6.42. The number of hydrogen-bond acceptors (Lipinski definition) is 2. The first-order valence-corrected chi connectivity index (χ1v) is 8.38. The highest BCUT2D eigenvalue weighted by molar-refractivity contribution is 14.1. The zero-order valence-electron chi connectivity index (χ0n) is 11.7. The highest BCUT2D eigenvalue weighted by atomic mass is 127. The van der Waals surface area contributed by atoms with Crippen molar-refractivity contribution in [2.75, 3.05) is 6.61 Å². The molecule has 0 aliphatic rings. The zero-order chi connectivity index (χ0) is 16.1. The van der Waals surface area contributed by atoms with Crippen molar-refractivity contribution in [3.63, 3.8) is 0 Å². The van der Waals surface area contributed by atoms with Crippen LogP contribution in [-0.2, 0) is 0 Å². The Kier molecular flexibility index (Phi) is 6.13. The van der Waals surface area contributed by atoms with E-state index in [-0.39, 0.29) is 0 Å². The number of nitriles is 1. The Morgan fingerprint density at radius 2 is 2.05 bits per heavy atom. The van der Waals surface area contributed by atoms with Crippen LogP contribution >= 0.6 is 45.8 Å². The third-order valence-corrected chi connectivity index (χ3v) is 4.30. The maximum atomic E-state index is 9.41. The zero-order valence-corrected chi connectivity index (χ0v) is 15.4. The fourth-order valence-corrected chi connectivity index (χ4v) is 3.13. The molecule has 2 aromatic rings. The maximum absolute atomic E-state index is 9.41. The van der Waals surface area contributed by atoms with Gasteiger partial charge in [0.15, 0.2) is 0 Å². The smallest absolute Gasteiger partial charge is 0.132 e. The van der Waals surface area contributed by atoms with Gasteiger partial charge in [0.05, 0.1) is 26.8 Å². The van der Waals surface area contributed by atoms with E-state index in [9.17, 15) is 5.26 Å². The number of ether oxygens (including phenoxy) is 1. The minimum atomic E-state index is 0.459. The van der Waals surface area contributed by atoms with Gasteiger partial charge in [-0.2, -0.15) is 5.26 Å². The average molecular weight is 444 g/mol. The van der Waals surface area contributed by atoms with Crippen molar-refractivity contribution >= 4 is 57.4 Å². The summed E-state index contributed by atoms with van der Waals surface area (Å²) in [7, 11) is 0. The van der Waals surface area contributed by atoms with Crippen LogP contribution in [0, 0.1) is 14.9 Å². The molecule has 0 N–H and O–H groups in total. The number of benzene rings is 2. The van der Waals surface area contributed by atoms with Gasteiger partial charge in [-0.25, -0.2) is 0 Å². The fraction of sp³-hybridized carbons (Fsp3) is 0.118. The Bertz CT molecular complexity index is 766. The lowest BCUT2D eigenvalue weighted by atomic mass is 10.0. The second kappa shape index (κ2) is 7.87. The molecule has 0 heterocycles. The Morgan fingerprint density at radius 1 is 1.27 bits per heavy atom. The number of nitrogens with zero attached hydrogens (tertiary/aromatic N) is 1. The van der Waals surface area contributed by atoms with E-state index in [0.29, 0.717) is 27.8 Å². The molecule has 0 saturated carbocycles. The number of rotatable bonds is 4. The highest BCUT2D eigenvalue weighted by Crippen LogP contribution is 2.29. The fourth-order valence-electron chi connectivity index (χ4n) is 1.92. The number of halogens is 3. The third-order valence-electron chi connectivity index (χ3n) is 2.91. The molecule has 0 atom stereocenters. The van der Waals surface area contributed by atoms with Gasteiger partial charge in [0, 0.05) is 10.6 Å². The summed E-state index contributed by atoms with van der Waals surface area (Å²) in [5.41, 5.74) is 2.06. The standard InChI is InChI=1S/C17H12Cl2INO/c1-2-22-17-6-3-11(8-16(17)20)7-12(10-21)14-5-4-13(18)9-15(14)19/h3-9H,2H2,1H3/b12-7+. The lowest BCUT2D eigenvalue weighted by Crippen LogP contribution is -1.94. The molecule has 0 fully saturated rings. The van der Waals surface area contributed by atoms with E-state index in [4.69, 9.17) is 27.9 Å². The van der Waals surface area contributed by atoms with E-state index < -0.39 is 0 Å². The Labute approximate surface area is 153 Å². The first-order valence-electron chi connectivity index (χ1n) is 6.54. The minimum absolute atomic E-state index is 0.459. The van der Waals surface area contributed by atoms with Gasteiger partial charge in [-0.1, -0.05) is 35.3 Å². The molecule has 2 rings (SSSR count). The van der Waals surface area contributed by atoms with E-state index in [1.807, 2.05) is 25.1 Å².